The number of benzene rings is 1. The molecule has 0 aliphatic rings. The van der Waals surface area contributed by atoms with E-state index >= 15 is 0 Å². The van der Waals surface area contributed by atoms with Crippen LogP contribution in [0.4, 0.5) is 0 Å². The summed E-state index contributed by atoms with van der Waals surface area (Å²) in [5.74, 6) is 1.31. The lowest BCUT2D eigenvalue weighted by atomic mass is 10.2. The van der Waals surface area contributed by atoms with E-state index in [0.717, 1.165) is 12.2 Å². The molecule has 0 saturated heterocycles. The molecule has 0 aliphatic carbocycles. The van der Waals surface area contributed by atoms with Crippen molar-refractivity contribution < 1.29 is 8.42 Å². The van der Waals surface area contributed by atoms with Crippen LogP contribution in [0, 0.1) is 6.92 Å². The number of rotatable bonds is 8. The highest BCUT2D eigenvalue weighted by Gasteiger charge is 2.09. The third-order valence-electron chi connectivity index (χ3n) is 2.92. The molecule has 0 aromatic heterocycles. The lowest BCUT2D eigenvalue weighted by Gasteiger charge is -2.11. The van der Waals surface area contributed by atoms with Crippen LogP contribution in [0.3, 0.4) is 0 Å². The Hall–Kier alpha value is -0.520. The summed E-state index contributed by atoms with van der Waals surface area (Å²) < 4.78 is 22.7. The first-order chi connectivity index (χ1) is 8.93. The van der Waals surface area contributed by atoms with E-state index in [9.17, 15) is 8.42 Å². The monoisotopic (exact) mass is 301 g/mol. The van der Waals surface area contributed by atoms with Gasteiger partial charge in [-0.05, 0) is 31.9 Å². The van der Waals surface area contributed by atoms with Gasteiger partial charge in [-0.1, -0.05) is 24.6 Å². The normalized spacial score (nSPS) is 13.4. The molecule has 0 aliphatic heterocycles. The molecule has 1 aromatic carbocycles. The maximum Gasteiger partial charge on any atom is 0.150 e. The Morgan fingerprint density at radius 1 is 1.37 bits per heavy atom. The number of hydrogen-bond donors (Lipinski definition) is 1. The fourth-order valence-corrected chi connectivity index (χ4v) is 3.61. The van der Waals surface area contributed by atoms with Gasteiger partial charge in [-0.2, -0.15) is 0 Å². The molecule has 1 atom stereocenters. The number of hydrogen-bond acceptors (Lipinski definition) is 4. The minimum Gasteiger partial charge on any atom is -0.327 e. The molecule has 0 bridgehead atoms. The molecule has 0 amide bonds. The molecule has 1 aromatic rings. The topological polar surface area (TPSA) is 60.2 Å². The van der Waals surface area contributed by atoms with Crippen molar-refractivity contribution in [2.75, 3.05) is 17.3 Å². The van der Waals surface area contributed by atoms with Crippen LogP contribution in [0.2, 0.25) is 0 Å². The fraction of sp³-hybridized carbons (Fsp3) is 0.571. The number of thioether (sulfide) groups is 1. The van der Waals surface area contributed by atoms with Gasteiger partial charge in [0.05, 0.1) is 5.75 Å². The van der Waals surface area contributed by atoms with Gasteiger partial charge in [0.1, 0.15) is 9.84 Å². The highest BCUT2D eigenvalue weighted by atomic mass is 32.2. The smallest absolute Gasteiger partial charge is 0.150 e. The van der Waals surface area contributed by atoms with Crippen molar-refractivity contribution in [2.45, 2.75) is 37.6 Å². The van der Waals surface area contributed by atoms with E-state index in [0.29, 0.717) is 6.42 Å². The molecule has 19 heavy (non-hydrogen) atoms. The van der Waals surface area contributed by atoms with Crippen LogP contribution in [0.5, 0.6) is 0 Å². The Kier molecular flexibility index (Phi) is 6.89. The standard InChI is InChI=1S/C14H23NO2S2/c1-3-19(16,17)9-5-7-13(15)11-18-14-8-4-6-12(2)10-14/h4,6,8,10,13H,3,5,7,9,11,15H2,1-2H3. The quantitative estimate of drug-likeness (QED) is 0.750. The first-order valence-electron chi connectivity index (χ1n) is 6.58. The van der Waals surface area contributed by atoms with Crippen molar-refractivity contribution in [3.8, 4) is 0 Å². The van der Waals surface area contributed by atoms with E-state index in [-0.39, 0.29) is 17.5 Å². The maximum atomic E-state index is 11.4. The molecule has 0 saturated carbocycles. The van der Waals surface area contributed by atoms with E-state index in [1.165, 1.54) is 10.5 Å². The zero-order chi connectivity index (χ0) is 14.3. The Labute approximate surface area is 120 Å². The van der Waals surface area contributed by atoms with Gasteiger partial charge >= 0.3 is 0 Å². The third kappa shape index (κ3) is 6.99. The minimum atomic E-state index is -2.85. The van der Waals surface area contributed by atoms with Gasteiger partial charge < -0.3 is 5.73 Å². The molecule has 108 valence electrons. The number of aryl methyl sites for hydroxylation is 1. The Balaban J connectivity index is 2.27. The van der Waals surface area contributed by atoms with E-state index in [1.54, 1.807) is 18.7 Å². The van der Waals surface area contributed by atoms with E-state index in [1.807, 2.05) is 6.07 Å². The molecular weight excluding hydrogens is 278 g/mol. The molecule has 1 unspecified atom stereocenters. The molecule has 3 nitrogen and oxygen atoms in total. The van der Waals surface area contributed by atoms with Gasteiger partial charge in [-0.25, -0.2) is 8.42 Å². The summed E-state index contributed by atoms with van der Waals surface area (Å²) in [5, 5.41) is 0. The molecule has 0 fully saturated rings. The van der Waals surface area contributed by atoms with Gasteiger partial charge in [-0.15, -0.1) is 11.8 Å². The molecule has 5 heteroatoms. The number of nitrogens with two attached hydrogens (primary N) is 1. The molecule has 1 rings (SSSR count). The fourth-order valence-electron chi connectivity index (χ4n) is 1.70. The Bertz CT molecular complexity index is 486. The van der Waals surface area contributed by atoms with Crippen LogP contribution in [-0.2, 0) is 9.84 Å². The van der Waals surface area contributed by atoms with Crippen molar-refractivity contribution in [2.24, 2.45) is 5.73 Å². The summed E-state index contributed by atoms with van der Waals surface area (Å²) in [7, 11) is -2.85. The van der Waals surface area contributed by atoms with Crippen molar-refractivity contribution in [1.29, 1.82) is 0 Å². The highest BCUT2D eigenvalue weighted by molar-refractivity contribution is 7.99. The van der Waals surface area contributed by atoms with Crippen LogP contribution in [0.1, 0.15) is 25.3 Å². The minimum absolute atomic E-state index is 0.0533. The van der Waals surface area contributed by atoms with Gasteiger partial charge in [0.25, 0.3) is 0 Å². The zero-order valence-electron chi connectivity index (χ0n) is 11.6. The average molecular weight is 301 g/mol. The summed E-state index contributed by atoms with van der Waals surface area (Å²) >= 11 is 1.73. The highest BCUT2D eigenvalue weighted by Crippen LogP contribution is 2.20. The molecular formula is C14H23NO2S2. The van der Waals surface area contributed by atoms with Crippen molar-refractivity contribution in [3.05, 3.63) is 29.8 Å². The Morgan fingerprint density at radius 2 is 2.11 bits per heavy atom. The molecule has 0 spiro atoms. The van der Waals surface area contributed by atoms with E-state index in [4.69, 9.17) is 5.73 Å². The van der Waals surface area contributed by atoms with Gasteiger partial charge in [-0.3, -0.25) is 0 Å². The third-order valence-corrected chi connectivity index (χ3v) is 5.90. The van der Waals surface area contributed by atoms with Crippen LogP contribution < -0.4 is 5.73 Å². The lowest BCUT2D eigenvalue weighted by molar-refractivity contribution is 0.587. The van der Waals surface area contributed by atoms with Crippen LogP contribution in [-0.4, -0.2) is 31.7 Å². The average Bonchev–Trinajstić information content (AvgIpc) is 2.36. The van der Waals surface area contributed by atoms with Crippen LogP contribution >= 0.6 is 11.8 Å². The second kappa shape index (κ2) is 7.92. The van der Waals surface area contributed by atoms with Crippen LogP contribution in [0.25, 0.3) is 0 Å². The molecule has 0 heterocycles. The Morgan fingerprint density at radius 3 is 2.74 bits per heavy atom. The second-order valence-corrected chi connectivity index (χ2v) is 8.33. The summed E-state index contributed by atoms with van der Waals surface area (Å²) in [6.45, 7) is 3.75. The van der Waals surface area contributed by atoms with Crippen molar-refractivity contribution >= 4 is 21.6 Å². The van der Waals surface area contributed by atoms with Crippen molar-refractivity contribution in [3.63, 3.8) is 0 Å². The summed E-state index contributed by atoms with van der Waals surface area (Å²) in [6, 6.07) is 8.37. The predicted octanol–water partition coefficient (Wildman–Crippen LogP) is 2.63. The van der Waals surface area contributed by atoms with E-state index < -0.39 is 9.84 Å². The van der Waals surface area contributed by atoms with Crippen molar-refractivity contribution in [1.82, 2.24) is 0 Å². The summed E-state index contributed by atoms with van der Waals surface area (Å²) in [6.07, 6.45) is 1.42. The number of sulfone groups is 1. The molecule has 2 N–H and O–H groups in total. The summed E-state index contributed by atoms with van der Waals surface area (Å²) in [4.78, 5) is 1.22. The predicted molar refractivity (Wildman–Crippen MR) is 83.4 cm³/mol. The largest absolute Gasteiger partial charge is 0.327 e. The summed E-state index contributed by atoms with van der Waals surface area (Å²) in [5.41, 5.74) is 7.26. The first-order valence-corrected chi connectivity index (χ1v) is 9.39. The first kappa shape index (κ1) is 16.5. The van der Waals surface area contributed by atoms with Crippen LogP contribution in [0.15, 0.2) is 29.2 Å². The maximum absolute atomic E-state index is 11.4. The van der Waals surface area contributed by atoms with Gasteiger partial charge in [0.2, 0.25) is 0 Å². The SMILES string of the molecule is CCS(=O)(=O)CCCC(N)CSc1cccc(C)c1. The second-order valence-electron chi connectivity index (χ2n) is 4.77. The zero-order valence-corrected chi connectivity index (χ0v) is 13.3. The lowest BCUT2D eigenvalue weighted by Crippen LogP contribution is -2.24. The van der Waals surface area contributed by atoms with E-state index in [2.05, 4.69) is 25.1 Å². The van der Waals surface area contributed by atoms with Gasteiger partial charge in [0, 0.05) is 22.4 Å². The van der Waals surface area contributed by atoms with Gasteiger partial charge in [0.15, 0.2) is 0 Å². The molecule has 0 radical (unpaired) electrons.